The summed E-state index contributed by atoms with van der Waals surface area (Å²) in [5, 5.41) is 3.56. The molecule has 0 radical (unpaired) electrons. The maximum atomic E-state index is 5.73. The van der Waals surface area contributed by atoms with Crippen LogP contribution in [0.1, 0.15) is 53.4 Å². The predicted molar refractivity (Wildman–Crippen MR) is 64.8 cm³/mol. The van der Waals surface area contributed by atoms with Crippen LogP contribution in [-0.4, -0.2) is 19.4 Å². The van der Waals surface area contributed by atoms with Gasteiger partial charge in [-0.05, 0) is 37.1 Å². The Hall–Kier alpha value is -0.0800. The first-order chi connectivity index (χ1) is 6.93. The SMILES string of the molecule is CCCC1(OC)CC(C(C)(C)C)CCN1. The van der Waals surface area contributed by atoms with Gasteiger partial charge in [0, 0.05) is 7.11 Å². The van der Waals surface area contributed by atoms with Gasteiger partial charge in [-0.2, -0.15) is 0 Å². The standard InChI is InChI=1S/C13H27NO/c1-6-8-13(15-5)10-11(7-9-14-13)12(2,3)4/h11,14H,6-10H2,1-5H3. The lowest BCUT2D eigenvalue weighted by atomic mass is 9.72. The fraction of sp³-hybridized carbons (Fsp3) is 1.00. The lowest BCUT2D eigenvalue weighted by molar-refractivity contribution is -0.0933. The van der Waals surface area contributed by atoms with Crippen LogP contribution in [0.2, 0.25) is 0 Å². The van der Waals surface area contributed by atoms with Gasteiger partial charge < -0.3 is 4.74 Å². The number of methoxy groups -OCH3 is 1. The molecule has 1 fully saturated rings. The van der Waals surface area contributed by atoms with Crippen LogP contribution in [0.5, 0.6) is 0 Å². The van der Waals surface area contributed by atoms with Crippen molar-refractivity contribution in [3.8, 4) is 0 Å². The average Bonchev–Trinajstić information content (AvgIpc) is 2.17. The molecule has 1 heterocycles. The third-order valence-corrected chi connectivity index (χ3v) is 3.79. The van der Waals surface area contributed by atoms with Crippen molar-refractivity contribution >= 4 is 0 Å². The molecular formula is C13H27NO. The molecule has 0 aromatic carbocycles. The van der Waals surface area contributed by atoms with Crippen LogP contribution in [0.3, 0.4) is 0 Å². The molecule has 0 amide bonds. The summed E-state index contributed by atoms with van der Waals surface area (Å²) in [6.07, 6.45) is 4.73. The molecule has 1 rings (SSSR count). The summed E-state index contributed by atoms with van der Waals surface area (Å²) in [6.45, 7) is 10.3. The Kier molecular flexibility index (Phi) is 4.19. The van der Waals surface area contributed by atoms with E-state index in [4.69, 9.17) is 4.74 Å². The van der Waals surface area contributed by atoms with Crippen molar-refractivity contribution in [2.24, 2.45) is 11.3 Å². The summed E-state index contributed by atoms with van der Waals surface area (Å²) in [5.41, 5.74) is 0.352. The van der Waals surface area contributed by atoms with E-state index in [-0.39, 0.29) is 5.72 Å². The fourth-order valence-corrected chi connectivity index (χ4v) is 2.64. The molecule has 2 atom stereocenters. The van der Waals surface area contributed by atoms with Crippen LogP contribution in [-0.2, 0) is 4.74 Å². The minimum Gasteiger partial charge on any atom is -0.364 e. The smallest absolute Gasteiger partial charge is 0.119 e. The van der Waals surface area contributed by atoms with E-state index in [0.29, 0.717) is 5.41 Å². The Morgan fingerprint density at radius 3 is 2.53 bits per heavy atom. The van der Waals surface area contributed by atoms with Gasteiger partial charge in [0.2, 0.25) is 0 Å². The van der Waals surface area contributed by atoms with E-state index < -0.39 is 0 Å². The topological polar surface area (TPSA) is 21.3 Å². The molecule has 2 nitrogen and oxygen atoms in total. The van der Waals surface area contributed by atoms with E-state index in [1.54, 1.807) is 0 Å². The zero-order valence-electron chi connectivity index (χ0n) is 11.0. The number of piperidine rings is 1. The molecule has 0 bridgehead atoms. The van der Waals surface area contributed by atoms with Crippen LogP contribution >= 0.6 is 0 Å². The number of rotatable bonds is 3. The third kappa shape index (κ3) is 3.18. The van der Waals surface area contributed by atoms with Crippen LogP contribution in [0.15, 0.2) is 0 Å². The van der Waals surface area contributed by atoms with Gasteiger partial charge in [-0.15, -0.1) is 0 Å². The number of hydrogen-bond acceptors (Lipinski definition) is 2. The van der Waals surface area contributed by atoms with E-state index in [2.05, 4.69) is 33.0 Å². The van der Waals surface area contributed by atoms with Crippen molar-refractivity contribution in [3.05, 3.63) is 0 Å². The Morgan fingerprint density at radius 1 is 1.40 bits per heavy atom. The minimum atomic E-state index is -0.0506. The van der Waals surface area contributed by atoms with Gasteiger partial charge in [-0.1, -0.05) is 34.1 Å². The van der Waals surface area contributed by atoms with Gasteiger partial charge in [-0.3, -0.25) is 5.32 Å². The molecule has 0 saturated carbocycles. The molecule has 2 unspecified atom stereocenters. The van der Waals surface area contributed by atoms with Crippen molar-refractivity contribution in [1.29, 1.82) is 0 Å². The van der Waals surface area contributed by atoms with Gasteiger partial charge in [0.1, 0.15) is 5.72 Å². The highest BCUT2D eigenvalue weighted by molar-refractivity contribution is 4.90. The first-order valence-corrected chi connectivity index (χ1v) is 6.24. The highest BCUT2D eigenvalue weighted by Crippen LogP contribution is 2.39. The summed E-state index contributed by atoms with van der Waals surface area (Å²) >= 11 is 0. The van der Waals surface area contributed by atoms with E-state index >= 15 is 0 Å². The van der Waals surface area contributed by atoms with Crippen molar-refractivity contribution in [1.82, 2.24) is 5.32 Å². The zero-order valence-corrected chi connectivity index (χ0v) is 11.0. The second-order valence-electron chi connectivity index (χ2n) is 5.93. The average molecular weight is 213 g/mol. The Bertz CT molecular complexity index is 193. The Balaban J connectivity index is 2.68. The zero-order chi connectivity index (χ0) is 11.5. The summed E-state index contributed by atoms with van der Waals surface area (Å²) in [5.74, 6) is 0.769. The number of hydrogen-bond donors (Lipinski definition) is 1. The van der Waals surface area contributed by atoms with Gasteiger partial charge >= 0.3 is 0 Å². The predicted octanol–water partition coefficient (Wildman–Crippen LogP) is 3.17. The van der Waals surface area contributed by atoms with Gasteiger partial charge in [0.25, 0.3) is 0 Å². The van der Waals surface area contributed by atoms with Crippen molar-refractivity contribution in [2.45, 2.75) is 59.1 Å². The van der Waals surface area contributed by atoms with Gasteiger partial charge in [0.15, 0.2) is 0 Å². The lowest BCUT2D eigenvalue weighted by Crippen LogP contribution is -2.54. The maximum absolute atomic E-state index is 5.73. The lowest BCUT2D eigenvalue weighted by Gasteiger charge is -2.45. The Morgan fingerprint density at radius 2 is 2.07 bits per heavy atom. The highest BCUT2D eigenvalue weighted by Gasteiger charge is 2.39. The summed E-state index contributed by atoms with van der Waals surface area (Å²) in [4.78, 5) is 0. The van der Waals surface area contributed by atoms with Crippen LogP contribution in [0, 0.1) is 11.3 Å². The highest BCUT2D eigenvalue weighted by atomic mass is 16.5. The fourth-order valence-electron chi connectivity index (χ4n) is 2.64. The van der Waals surface area contributed by atoms with Crippen LogP contribution in [0.4, 0.5) is 0 Å². The van der Waals surface area contributed by atoms with E-state index in [1.165, 1.54) is 12.8 Å². The molecule has 1 saturated heterocycles. The second kappa shape index (κ2) is 4.84. The summed E-state index contributed by atoms with van der Waals surface area (Å²) in [7, 11) is 1.84. The first kappa shape index (κ1) is 13.0. The molecule has 0 aromatic rings. The summed E-state index contributed by atoms with van der Waals surface area (Å²) in [6, 6.07) is 0. The summed E-state index contributed by atoms with van der Waals surface area (Å²) < 4.78 is 5.73. The third-order valence-electron chi connectivity index (χ3n) is 3.79. The van der Waals surface area contributed by atoms with Crippen molar-refractivity contribution < 1.29 is 4.74 Å². The minimum absolute atomic E-state index is 0.0506. The molecule has 0 aromatic heterocycles. The van der Waals surface area contributed by atoms with E-state index in [0.717, 1.165) is 25.3 Å². The molecular weight excluding hydrogens is 186 g/mol. The van der Waals surface area contributed by atoms with Crippen LogP contribution < -0.4 is 5.32 Å². The van der Waals surface area contributed by atoms with Gasteiger partial charge in [0.05, 0.1) is 0 Å². The molecule has 2 heteroatoms. The largest absolute Gasteiger partial charge is 0.364 e. The second-order valence-corrected chi connectivity index (χ2v) is 5.93. The van der Waals surface area contributed by atoms with Crippen molar-refractivity contribution in [2.75, 3.05) is 13.7 Å². The van der Waals surface area contributed by atoms with E-state index in [1.807, 2.05) is 7.11 Å². The molecule has 0 aliphatic carbocycles. The first-order valence-electron chi connectivity index (χ1n) is 6.24. The maximum Gasteiger partial charge on any atom is 0.119 e. The molecule has 90 valence electrons. The number of ether oxygens (including phenoxy) is 1. The molecule has 0 spiro atoms. The quantitative estimate of drug-likeness (QED) is 0.777. The van der Waals surface area contributed by atoms with Crippen LogP contribution in [0.25, 0.3) is 0 Å². The molecule has 1 N–H and O–H groups in total. The van der Waals surface area contributed by atoms with Gasteiger partial charge in [-0.25, -0.2) is 0 Å². The molecule has 1 aliphatic rings. The normalized spacial score (nSPS) is 33.0. The number of nitrogens with one attached hydrogen (secondary N) is 1. The molecule has 1 aliphatic heterocycles. The Labute approximate surface area is 94.8 Å². The van der Waals surface area contributed by atoms with E-state index in [9.17, 15) is 0 Å². The monoisotopic (exact) mass is 213 g/mol. The van der Waals surface area contributed by atoms with Crippen molar-refractivity contribution in [3.63, 3.8) is 0 Å². The molecule has 15 heavy (non-hydrogen) atoms.